The summed E-state index contributed by atoms with van der Waals surface area (Å²) >= 11 is 0. The predicted octanol–water partition coefficient (Wildman–Crippen LogP) is 0.240. The van der Waals surface area contributed by atoms with Crippen molar-refractivity contribution in [3.63, 3.8) is 0 Å². The molecule has 1 heterocycles. The van der Waals surface area contributed by atoms with Gasteiger partial charge >= 0.3 is 0 Å². The van der Waals surface area contributed by atoms with Crippen LogP contribution in [0.25, 0.3) is 0 Å². The summed E-state index contributed by atoms with van der Waals surface area (Å²) in [7, 11) is 0. The summed E-state index contributed by atoms with van der Waals surface area (Å²) in [6, 6.07) is 5.09. The third-order valence-corrected chi connectivity index (χ3v) is 2.90. The van der Waals surface area contributed by atoms with Crippen molar-refractivity contribution < 1.29 is 14.3 Å². The zero-order valence-corrected chi connectivity index (χ0v) is 10.8. The molecule has 1 aliphatic rings. The Morgan fingerprint density at radius 1 is 1.53 bits per heavy atom. The number of nitrogens with two attached hydrogens (primary N) is 1. The van der Waals surface area contributed by atoms with Gasteiger partial charge in [-0.3, -0.25) is 9.59 Å². The fourth-order valence-corrected chi connectivity index (χ4v) is 2.02. The molecule has 0 spiro atoms. The number of piperazine rings is 1. The Morgan fingerprint density at radius 3 is 3.00 bits per heavy atom. The lowest BCUT2D eigenvalue weighted by Gasteiger charge is -2.27. The molecule has 19 heavy (non-hydrogen) atoms. The summed E-state index contributed by atoms with van der Waals surface area (Å²) in [5.74, 6) is 0.0296. The van der Waals surface area contributed by atoms with Gasteiger partial charge in [-0.05, 0) is 19.1 Å². The highest BCUT2D eigenvalue weighted by atomic mass is 16.5. The molecular formula is C13H17N3O3. The Bertz CT molecular complexity index is 502. The van der Waals surface area contributed by atoms with Gasteiger partial charge in [-0.25, -0.2) is 0 Å². The lowest BCUT2D eigenvalue weighted by Crippen LogP contribution is -2.50. The molecule has 0 saturated carbocycles. The van der Waals surface area contributed by atoms with Crippen LogP contribution >= 0.6 is 0 Å². The standard InChI is InChI=1S/C13H17N3O3/c1-2-19-10-5-3-4-9(14)12(10)13(18)16-7-6-15-11(17)8-16/h3-5H,2,6-8,14H2,1H3,(H,15,17). The Hall–Kier alpha value is -2.24. The zero-order valence-electron chi connectivity index (χ0n) is 10.8. The van der Waals surface area contributed by atoms with Crippen LogP contribution in [0.5, 0.6) is 5.75 Å². The van der Waals surface area contributed by atoms with Gasteiger partial charge in [0.1, 0.15) is 11.3 Å². The second-order valence-corrected chi connectivity index (χ2v) is 4.23. The van der Waals surface area contributed by atoms with Crippen molar-refractivity contribution in [2.45, 2.75) is 6.92 Å². The van der Waals surface area contributed by atoms with E-state index in [1.807, 2.05) is 6.92 Å². The van der Waals surface area contributed by atoms with Gasteiger partial charge in [0.15, 0.2) is 0 Å². The first-order chi connectivity index (χ1) is 9.13. The highest BCUT2D eigenvalue weighted by molar-refractivity contribution is 6.03. The van der Waals surface area contributed by atoms with Crippen LogP contribution in [-0.4, -0.2) is 43.0 Å². The molecule has 0 aromatic heterocycles. The number of nitrogens with one attached hydrogen (secondary N) is 1. The van der Waals surface area contributed by atoms with Crippen molar-refractivity contribution in [1.82, 2.24) is 10.2 Å². The van der Waals surface area contributed by atoms with E-state index < -0.39 is 0 Å². The number of nitrogen functional groups attached to an aromatic ring is 1. The summed E-state index contributed by atoms with van der Waals surface area (Å²) in [4.78, 5) is 25.3. The van der Waals surface area contributed by atoms with Gasteiger partial charge < -0.3 is 20.7 Å². The van der Waals surface area contributed by atoms with E-state index in [1.54, 1.807) is 18.2 Å². The van der Waals surface area contributed by atoms with Crippen molar-refractivity contribution in [3.05, 3.63) is 23.8 Å². The minimum absolute atomic E-state index is 0.0543. The van der Waals surface area contributed by atoms with E-state index in [0.29, 0.717) is 36.7 Å². The molecule has 1 aliphatic heterocycles. The van der Waals surface area contributed by atoms with Crippen LogP contribution in [0.2, 0.25) is 0 Å². The number of amides is 2. The highest BCUT2D eigenvalue weighted by Gasteiger charge is 2.26. The average molecular weight is 263 g/mol. The molecule has 0 bridgehead atoms. The molecule has 3 N–H and O–H groups in total. The van der Waals surface area contributed by atoms with E-state index in [0.717, 1.165) is 0 Å². The molecule has 1 fully saturated rings. The number of carbonyl (C=O) groups is 2. The lowest BCUT2D eigenvalue weighted by atomic mass is 10.1. The first kappa shape index (κ1) is 13.2. The Kier molecular flexibility index (Phi) is 3.89. The third-order valence-electron chi connectivity index (χ3n) is 2.90. The van der Waals surface area contributed by atoms with Gasteiger partial charge in [0.2, 0.25) is 5.91 Å². The maximum atomic E-state index is 12.4. The SMILES string of the molecule is CCOc1cccc(N)c1C(=O)N1CCNC(=O)C1. The second-order valence-electron chi connectivity index (χ2n) is 4.23. The zero-order chi connectivity index (χ0) is 13.8. The van der Waals surface area contributed by atoms with Crippen LogP contribution in [0.3, 0.4) is 0 Å². The molecule has 6 nitrogen and oxygen atoms in total. The fraction of sp³-hybridized carbons (Fsp3) is 0.385. The maximum absolute atomic E-state index is 12.4. The molecule has 1 aromatic carbocycles. The summed E-state index contributed by atoms with van der Waals surface area (Å²) in [5.41, 5.74) is 6.56. The third kappa shape index (κ3) is 2.78. The van der Waals surface area contributed by atoms with Gasteiger partial charge in [-0.15, -0.1) is 0 Å². The molecule has 0 radical (unpaired) electrons. The van der Waals surface area contributed by atoms with E-state index >= 15 is 0 Å². The predicted molar refractivity (Wildman–Crippen MR) is 70.9 cm³/mol. The number of hydrogen-bond acceptors (Lipinski definition) is 4. The first-order valence-corrected chi connectivity index (χ1v) is 6.20. The minimum atomic E-state index is -0.267. The summed E-state index contributed by atoms with van der Waals surface area (Å²) in [6.45, 7) is 3.28. The minimum Gasteiger partial charge on any atom is -0.493 e. The normalized spacial score (nSPS) is 15.0. The van der Waals surface area contributed by atoms with Crippen LogP contribution < -0.4 is 15.8 Å². The van der Waals surface area contributed by atoms with E-state index in [-0.39, 0.29) is 18.4 Å². The molecule has 6 heteroatoms. The number of hydrogen-bond donors (Lipinski definition) is 2. The van der Waals surface area contributed by atoms with E-state index in [4.69, 9.17) is 10.5 Å². The van der Waals surface area contributed by atoms with Crippen LogP contribution in [0.1, 0.15) is 17.3 Å². The van der Waals surface area contributed by atoms with Crippen LogP contribution in [0, 0.1) is 0 Å². The summed E-state index contributed by atoms with van der Waals surface area (Å²) in [6.07, 6.45) is 0. The van der Waals surface area contributed by atoms with Crippen LogP contribution in [0.4, 0.5) is 5.69 Å². The number of rotatable bonds is 3. The monoisotopic (exact) mass is 263 g/mol. The highest BCUT2D eigenvalue weighted by Crippen LogP contribution is 2.26. The molecule has 1 aromatic rings. The quantitative estimate of drug-likeness (QED) is 0.765. The van der Waals surface area contributed by atoms with Crippen molar-refractivity contribution in [1.29, 1.82) is 0 Å². The van der Waals surface area contributed by atoms with Crippen molar-refractivity contribution in [2.75, 3.05) is 32.0 Å². The molecule has 2 rings (SSSR count). The van der Waals surface area contributed by atoms with E-state index in [1.165, 1.54) is 4.90 Å². The van der Waals surface area contributed by atoms with Gasteiger partial charge in [0.05, 0.1) is 13.2 Å². The van der Waals surface area contributed by atoms with Crippen molar-refractivity contribution in [2.24, 2.45) is 0 Å². The van der Waals surface area contributed by atoms with Gasteiger partial charge in [0.25, 0.3) is 5.91 Å². The smallest absolute Gasteiger partial charge is 0.260 e. The molecule has 0 unspecified atom stereocenters. The number of anilines is 1. The van der Waals surface area contributed by atoms with Gasteiger partial charge in [-0.2, -0.15) is 0 Å². The Morgan fingerprint density at radius 2 is 2.32 bits per heavy atom. The van der Waals surface area contributed by atoms with E-state index in [2.05, 4.69) is 5.32 Å². The molecular weight excluding hydrogens is 246 g/mol. The van der Waals surface area contributed by atoms with Crippen molar-refractivity contribution >= 4 is 17.5 Å². The first-order valence-electron chi connectivity index (χ1n) is 6.20. The average Bonchev–Trinajstić information content (AvgIpc) is 2.39. The number of benzene rings is 1. The van der Waals surface area contributed by atoms with Gasteiger partial charge in [-0.1, -0.05) is 6.07 Å². The van der Waals surface area contributed by atoms with E-state index in [9.17, 15) is 9.59 Å². The topological polar surface area (TPSA) is 84.7 Å². The number of carbonyl (C=O) groups excluding carboxylic acids is 2. The van der Waals surface area contributed by atoms with Gasteiger partial charge in [0, 0.05) is 18.8 Å². The summed E-state index contributed by atoms with van der Waals surface area (Å²) < 4.78 is 5.43. The van der Waals surface area contributed by atoms with Crippen LogP contribution in [-0.2, 0) is 4.79 Å². The molecule has 0 atom stereocenters. The summed E-state index contributed by atoms with van der Waals surface area (Å²) in [5, 5.41) is 2.68. The molecule has 102 valence electrons. The Balaban J connectivity index is 2.29. The molecule has 0 aliphatic carbocycles. The van der Waals surface area contributed by atoms with Crippen molar-refractivity contribution in [3.8, 4) is 5.75 Å². The Labute approximate surface area is 111 Å². The second kappa shape index (κ2) is 5.60. The number of nitrogens with zero attached hydrogens (tertiary/aromatic N) is 1. The van der Waals surface area contributed by atoms with Crippen LogP contribution in [0.15, 0.2) is 18.2 Å². The fourth-order valence-electron chi connectivity index (χ4n) is 2.02. The molecule has 1 saturated heterocycles. The lowest BCUT2D eigenvalue weighted by molar-refractivity contribution is -0.123. The number of ether oxygens (including phenoxy) is 1. The molecule has 2 amide bonds. The maximum Gasteiger partial charge on any atom is 0.260 e. The largest absolute Gasteiger partial charge is 0.493 e.